The van der Waals surface area contributed by atoms with Gasteiger partial charge in [-0.2, -0.15) is 13.2 Å². The molecule has 1 saturated carbocycles. The first kappa shape index (κ1) is 19.7. The van der Waals surface area contributed by atoms with Crippen LogP contribution in [0.3, 0.4) is 0 Å². The van der Waals surface area contributed by atoms with E-state index in [-0.39, 0.29) is 11.2 Å². The second kappa shape index (κ2) is 7.14. The van der Waals surface area contributed by atoms with Gasteiger partial charge >= 0.3 is 12.1 Å². The van der Waals surface area contributed by atoms with E-state index in [4.69, 9.17) is 9.90 Å². The van der Waals surface area contributed by atoms with E-state index >= 15 is 0 Å². The largest absolute Gasteiger partial charge is 0.507 e. The van der Waals surface area contributed by atoms with Crippen molar-refractivity contribution in [2.24, 2.45) is 5.92 Å². The number of piperidine rings is 1. The number of rotatable bonds is 1. The molecule has 0 amide bonds. The highest BCUT2D eigenvalue weighted by molar-refractivity contribution is 5.80. The van der Waals surface area contributed by atoms with Crippen LogP contribution in [0.2, 0.25) is 0 Å². The molecule has 4 rings (SSSR count). The van der Waals surface area contributed by atoms with Gasteiger partial charge in [0.25, 0.3) is 0 Å². The molecule has 0 aromatic heterocycles. The number of aliphatic carboxylic acids is 1. The molecule has 8 heteroatoms. The van der Waals surface area contributed by atoms with Gasteiger partial charge in [0.15, 0.2) is 6.29 Å². The van der Waals surface area contributed by atoms with Crippen LogP contribution in [0.5, 0.6) is 5.75 Å². The first-order valence-electron chi connectivity index (χ1n) is 9.04. The van der Waals surface area contributed by atoms with Crippen molar-refractivity contribution in [3.05, 3.63) is 28.8 Å². The first-order chi connectivity index (χ1) is 12.7. The van der Waals surface area contributed by atoms with Crippen molar-refractivity contribution < 1.29 is 33.0 Å². The Kier molecular flexibility index (Phi) is 5.20. The van der Waals surface area contributed by atoms with Crippen molar-refractivity contribution in [2.75, 3.05) is 6.54 Å². The van der Waals surface area contributed by atoms with Crippen LogP contribution in [0.15, 0.2) is 12.1 Å². The summed E-state index contributed by atoms with van der Waals surface area (Å²) in [5.74, 6) is -1.89. The maximum atomic E-state index is 11.1. The molecule has 1 saturated heterocycles. The van der Waals surface area contributed by atoms with Gasteiger partial charge in [0.2, 0.25) is 0 Å². The lowest BCUT2D eigenvalue weighted by Gasteiger charge is -2.56. The van der Waals surface area contributed by atoms with Crippen molar-refractivity contribution in [1.29, 1.82) is 0 Å². The maximum absolute atomic E-state index is 11.1. The molecule has 0 unspecified atom stereocenters. The summed E-state index contributed by atoms with van der Waals surface area (Å²) in [7, 11) is 0. The number of phenols is 1. The van der Waals surface area contributed by atoms with Crippen molar-refractivity contribution in [2.45, 2.75) is 56.2 Å². The Hall–Kier alpha value is -2.09. The molecule has 1 aromatic rings. The van der Waals surface area contributed by atoms with Gasteiger partial charge in [-0.15, -0.1) is 0 Å². The van der Waals surface area contributed by atoms with Gasteiger partial charge in [-0.25, -0.2) is 4.79 Å². The number of hydrogen-bond acceptors (Lipinski definition) is 4. The molecular formula is C19H22F3NO4. The van der Waals surface area contributed by atoms with E-state index in [9.17, 15) is 23.1 Å². The fraction of sp³-hybridized carbons (Fsp3) is 0.579. The van der Waals surface area contributed by atoms with Gasteiger partial charge in [-0.3, -0.25) is 4.79 Å². The van der Waals surface area contributed by atoms with E-state index in [1.165, 1.54) is 43.2 Å². The van der Waals surface area contributed by atoms with Crippen LogP contribution in [0, 0.1) is 5.92 Å². The Morgan fingerprint density at radius 1 is 1.26 bits per heavy atom. The molecule has 2 fully saturated rings. The Morgan fingerprint density at radius 3 is 2.59 bits per heavy atom. The predicted octanol–water partition coefficient (Wildman–Crippen LogP) is 3.18. The van der Waals surface area contributed by atoms with E-state index < -0.39 is 12.1 Å². The van der Waals surface area contributed by atoms with Gasteiger partial charge in [0.05, 0.1) is 5.56 Å². The first-order valence-corrected chi connectivity index (χ1v) is 9.04. The van der Waals surface area contributed by atoms with E-state index in [1.807, 2.05) is 12.1 Å². The predicted molar refractivity (Wildman–Crippen MR) is 90.9 cm³/mol. The Morgan fingerprint density at radius 2 is 1.96 bits per heavy atom. The van der Waals surface area contributed by atoms with Gasteiger partial charge < -0.3 is 15.5 Å². The van der Waals surface area contributed by atoms with Crippen LogP contribution in [0.25, 0.3) is 0 Å². The SMILES string of the molecule is O=C(O)C(F)(F)F.O=Cc1cc2c(cc1O)[C@]13CCCC[C@@H]1[C@H](C2)NCC3. The number of fused-ring (bicyclic) bond motifs is 1. The number of phenolic OH excluding ortho intramolecular Hbond substituents is 1. The number of carbonyl (C=O) groups excluding carboxylic acids is 1. The number of aldehydes is 1. The third kappa shape index (κ3) is 3.54. The molecule has 3 atom stereocenters. The van der Waals surface area contributed by atoms with Crippen LogP contribution >= 0.6 is 0 Å². The topological polar surface area (TPSA) is 86.6 Å². The fourth-order valence-electron chi connectivity index (χ4n) is 5.09. The Bertz CT molecular complexity index is 745. The molecule has 1 heterocycles. The van der Waals surface area contributed by atoms with Crippen LogP contribution in [0.4, 0.5) is 13.2 Å². The summed E-state index contributed by atoms with van der Waals surface area (Å²) in [6.07, 6.45) is 3.01. The van der Waals surface area contributed by atoms with E-state index in [0.29, 0.717) is 17.5 Å². The molecule has 3 N–H and O–H groups in total. The molecule has 1 aromatic carbocycles. The number of carboxylic acids is 1. The molecule has 0 radical (unpaired) electrons. The van der Waals surface area contributed by atoms with Crippen molar-refractivity contribution in [3.63, 3.8) is 0 Å². The highest BCUT2D eigenvalue weighted by atomic mass is 19.4. The summed E-state index contributed by atoms with van der Waals surface area (Å²) < 4.78 is 31.7. The van der Waals surface area contributed by atoms with E-state index in [0.717, 1.165) is 19.3 Å². The average Bonchev–Trinajstić information content (AvgIpc) is 2.62. The van der Waals surface area contributed by atoms with Gasteiger partial charge in [-0.1, -0.05) is 12.8 Å². The highest BCUT2D eigenvalue weighted by Crippen LogP contribution is 2.54. The number of carboxylic acid groups (broad SMARTS) is 1. The summed E-state index contributed by atoms with van der Waals surface area (Å²) in [6, 6.07) is 4.38. The van der Waals surface area contributed by atoms with Crippen LogP contribution in [-0.2, 0) is 16.6 Å². The van der Waals surface area contributed by atoms with Crippen molar-refractivity contribution in [1.82, 2.24) is 5.32 Å². The minimum absolute atomic E-state index is 0.162. The summed E-state index contributed by atoms with van der Waals surface area (Å²) in [4.78, 5) is 20.0. The maximum Gasteiger partial charge on any atom is 0.490 e. The highest BCUT2D eigenvalue weighted by Gasteiger charge is 2.51. The molecule has 0 spiro atoms. The molecule has 2 aliphatic carbocycles. The molecule has 27 heavy (non-hydrogen) atoms. The number of carbonyl (C=O) groups is 2. The molecular weight excluding hydrogens is 363 g/mol. The van der Waals surface area contributed by atoms with Crippen molar-refractivity contribution in [3.8, 4) is 5.75 Å². The van der Waals surface area contributed by atoms with Gasteiger partial charge in [0, 0.05) is 11.5 Å². The zero-order valence-electron chi connectivity index (χ0n) is 14.7. The van der Waals surface area contributed by atoms with Crippen molar-refractivity contribution >= 4 is 12.3 Å². The third-order valence-corrected chi connectivity index (χ3v) is 6.16. The number of nitrogens with one attached hydrogen (secondary N) is 1. The molecule has 3 aliphatic rings. The smallest absolute Gasteiger partial charge is 0.490 e. The number of aromatic hydroxyl groups is 1. The summed E-state index contributed by atoms with van der Waals surface area (Å²) in [5, 5.41) is 20.9. The number of alkyl halides is 3. The molecule has 148 valence electrons. The van der Waals surface area contributed by atoms with E-state index in [1.54, 1.807) is 0 Å². The number of hydrogen-bond donors (Lipinski definition) is 3. The van der Waals surface area contributed by atoms with Crippen LogP contribution in [0.1, 0.15) is 53.6 Å². The molecule has 5 nitrogen and oxygen atoms in total. The zero-order valence-corrected chi connectivity index (χ0v) is 14.7. The third-order valence-electron chi connectivity index (χ3n) is 6.16. The zero-order chi connectivity index (χ0) is 19.8. The second-order valence-corrected chi connectivity index (χ2v) is 7.51. The minimum atomic E-state index is -5.08. The minimum Gasteiger partial charge on any atom is -0.507 e. The summed E-state index contributed by atoms with van der Waals surface area (Å²) in [6.45, 7) is 1.08. The fourth-order valence-corrected chi connectivity index (χ4v) is 5.09. The van der Waals surface area contributed by atoms with Crippen LogP contribution < -0.4 is 5.32 Å². The lowest BCUT2D eigenvalue weighted by atomic mass is 9.52. The summed E-state index contributed by atoms with van der Waals surface area (Å²) in [5.41, 5.74) is 3.30. The van der Waals surface area contributed by atoms with Gasteiger partial charge in [-0.05, 0) is 61.4 Å². The standard InChI is InChI=1S/C17H21NO2.C2HF3O2/c19-10-12-7-11-8-15-13-3-1-2-4-17(13,5-6-18-15)14(11)9-16(12)20;3-2(4,5)1(6)7/h7,9-10,13,15,18,20H,1-6,8H2;(H,6,7)/t13-,15+,17+;/m1./s1. The second-order valence-electron chi connectivity index (χ2n) is 7.51. The molecule has 1 aliphatic heterocycles. The molecule has 2 bridgehead atoms. The number of benzene rings is 1. The summed E-state index contributed by atoms with van der Waals surface area (Å²) >= 11 is 0. The number of halogens is 3. The lowest BCUT2D eigenvalue weighted by Crippen LogP contribution is -2.59. The van der Waals surface area contributed by atoms with Crippen LogP contribution in [-0.4, -0.2) is 41.2 Å². The quantitative estimate of drug-likeness (QED) is 0.647. The Balaban J connectivity index is 0.000000260. The monoisotopic (exact) mass is 385 g/mol. The average molecular weight is 385 g/mol. The normalized spacial score (nSPS) is 28.9. The lowest BCUT2D eigenvalue weighted by molar-refractivity contribution is -0.192. The van der Waals surface area contributed by atoms with E-state index in [2.05, 4.69) is 5.32 Å². The Labute approximate surface area is 154 Å². The van der Waals surface area contributed by atoms with Gasteiger partial charge in [0.1, 0.15) is 5.75 Å².